The number of hydrogen-bond acceptors (Lipinski definition) is 5. The van der Waals surface area contributed by atoms with Crippen LogP contribution in [0.4, 0.5) is 5.69 Å². The summed E-state index contributed by atoms with van der Waals surface area (Å²) in [6.45, 7) is 5.62. The second-order valence-corrected chi connectivity index (χ2v) is 10.2. The van der Waals surface area contributed by atoms with Crippen LogP contribution in [0.2, 0.25) is 0 Å². The van der Waals surface area contributed by atoms with E-state index in [4.69, 9.17) is 0 Å². The summed E-state index contributed by atoms with van der Waals surface area (Å²) in [4.78, 5) is 33.0. The largest absolute Gasteiger partial charge is 0.392 e. The van der Waals surface area contributed by atoms with Crippen LogP contribution in [-0.4, -0.2) is 38.0 Å². The van der Waals surface area contributed by atoms with Crippen LogP contribution in [0.1, 0.15) is 26.3 Å². The highest BCUT2D eigenvalue weighted by Crippen LogP contribution is 2.34. The van der Waals surface area contributed by atoms with Crippen LogP contribution in [0.3, 0.4) is 0 Å². The zero-order valence-electron chi connectivity index (χ0n) is 17.6. The molecule has 0 unspecified atom stereocenters. The van der Waals surface area contributed by atoms with Gasteiger partial charge in [0.2, 0.25) is 5.91 Å². The summed E-state index contributed by atoms with van der Waals surface area (Å²) in [5, 5.41) is 10.4. The number of fused-ring (bicyclic) bond motifs is 2. The molecule has 162 valence electrons. The van der Waals surface area contributed by atoms with Gasteiger partial charge in [0.25, 0.3) is 5.56 Å². The minimum Gasteiger partial charge on any atom is -0.392 e. The number of thioether (sulfide) groups is 1. The van der Waals surface area contributed by atoms with E-state index in [1.165, 1.54) is 21.9 Å². The first-order chi connectivity index (χ1) is 14.8. The van der Waals surface area contributed by atoms with Crippen molar-refractivity contribution in [3.05, 3.63) is 62.9 Å². The molecular weight excluding hydrogens is 478 g/mol. The molecule has 1 aliphatic rings. The van der Waals surface area contributed by atoms with Crippen LogP contribution in [0, 0.1) is 0 Å². The zero-order chi connectivity index (χ0) is 22.3. The summed E-state index contributed by atoms with van der Waals surface area (Å²) in [6, 6.07) is 13.4. The van der Waals surface area contributed by atoms with Gasteiger partial charge in [0.05, 0.1) is 28.8 Å². The first-order valence-corrected chi connectivity index (χ1v) is 11.9. The van der Waals surface area contributed by atoms with Crippen molar-refractivity contribution in [1.29, 1.82) is 0 Å². The third kappa shape index (κ3) is 4.29. The van der Waals surface area contributed by atoms with Gasteiger partial charge in [-0.1, -0.05) is 45.9 Å². The van der Waals surface area contributed by atoms with Crippen LogP contribution < -0.4 is 10.5 Å². The number of carbonyl (C=O) groups excluding carboxylic acids is 1. The Labute approximate surface area is 193 Å². The van der Waals surface area contributed by atoms with Gasteiger partial charge in [0.15, 0.2) is 5.16 Å². The van der Waals surface area contributed by atoms with Crippen LogP contribution in [0.15, 0.2) is 56.9 Å². The number of anilines is 1. The minimum atomic E-state index is -0.722. The van der Waals surface area contributed by atoms with E-state index in [2.05, 4.69) is 27.0 Å². The Morgan fingerprint density at radius 2 is 2.03 bits per heavy atom. The van der Waals surface area contributed by atoms with E-state index >= 15 is 0 Å². The smallest absolute Gasteiger partial charge is 0.262 e. The van der Waals surface area contributed by atoms with Gasteiger partial charge in [-0.05, 0) is 57.0 Å². The standard InChI is InChI=1S/C23H24BrN3O3S/c1-13-10-16-6-4-5-7-20(16)27(13)21(29)15(3)31-23-25-19-9-8-17(24)11-18(19)22(30)26(23)12-14(2)28/h4-9,11,13-15,28H,10,12H2,1-3H3/t13-,14+,15+/m1/s1. The summed E-state index contributed by atoms with van der Waals surface area (Å²) >= 11 is 4.65. The van der Waals surface area contributed by atoms with Crippen molar-refractivity contribution in [2.45, 2.75) is 56.3 Å². The Bertz CT molecular complexity index is 1210. The summed E-state index contributed by atoms with van der Waals surface area (Å²) in [7, 11) is 0. The maximum atomic E-state index is 13.4. The van der Waals surface area contributed by atoms with E-state index in [9.17, 15) is 14.7 Å². The molecule has 3 atom stereocenters. The number of aromatic nitrogens is 2. The van der Waals surface area contributed by atoms with E-state index in [1.807, 2.05) is 43.0 Å². The number of halogens is 1. The number of hydrogen-bond donors (Lipinski definition) is 1. The average Bonchev–Trinajstić information content (AvgIpc) is 3.06. The monoisotopic (exact) mass is 501 g/mol. The van der Waals surface area contributed by atoms with Crippen LogP contribution in [0.25, 0.3) is 10.9 Å². The van der Waals surface area contributed by atoms with Gasteiger partial charge in [-0.2, -0.15) is 0 Å². The van der Waals surface area contributed by atoms with Gasteiger partial charge in [-0.15, -0.1) is 0 Å². The van der Waals surface area contributed by atoms with Gasteiger partial charge >= 0.3 is 0 Å². The quantitative estimate of drug-likeness (QED) is 0.422. The molecule has 0 radical (unpaired) electrons. The zero-order valence-corrected chi connectivity index (χ0v) is 20.0. The molecule has 0 aliphatic carbocycles. The molecule has 2 aromatic carbocycles. The number of carbonyl (C=O) groups is 1. The highest BCUT2D eigenvalue weighted by Gasteiger charge is 2.34. The van der Waals surface area contributed by atoms with Crippen molar-refractivity contribution >= 4 is 50.2 Å². The summed E-state index contributed by atoms with van der Waals surface area (Å²) in [5.41, 5.74) is 2.46. The van der Waals surface area contributed by atoms with Crippen molar-refractivity contribution in [2.75, 3.05) is 4.90 Å². The molecule has 0 saturated heterocycles. The lowest BCUT2D eigenvalue weighted by atomic mass is 10.1. The molecule has 3 aromatic rings. The number of amides is 1. The molecule has 4 rings (SSSR count). The lowest BCUT2D eigenvalue weighted by molar-refractivity contribution is -0.118. The maximum Gasteiger partial charge on any atom is 0.262 e. The topological polar surface area (TPSA) is 75.4 Å². The molecule has 1 N–H and O–H groups in total. The molecule has 6 nitrogen and oxygen atoms in total. The molecule has 31 heavy (non-hydrogen) atoms. The second-order valence-electron chi connectivity index (χ2n) is 7.97. The van der Waals surface area contributed by atoms with E-state index in [0.29, 0.717) is 16.1 Å². The van der Waals surface area contributed by atoms with Crippen molar-refractivity contribution in [1.82, 2.24) is 9.55 Å². The summed E-state index contributed by atoms with van der Waals surface area (Å²) < 4.78 is 2.25. The average molecular weight is 502 g/mol. The number of aliphatic hydroxyl groups is 1. The number of para-hydroxylation sites is 1. The Hall–Kier alpha value is -2.16. The Morgan fingerprint density at radius 1 is 1.29 bits per heavy atom. The molecule has 0 bridgehead atoms. The van der Waals surface area contributed by atoms with Crippen LogP contribution >= 0.6 is 27.7 Å². The predicted octanol–water partition coefficient (Wildman–Crippen LogP) is 4.00. The van der Waals surface area contributed by atoms with Crippen molar-refractivity contribution in [3.63, 3.8) is 0 Å². The first kappa shape index (κ1) is 22.0. The fourth-order valence-corrected chi connectivity index (χ4v) is 5.32. The van der Waals surface area contributed by atoms with E-state index < -0.39 is 11.4 Å². The highest BCUT2D eigenvalue weighted by atomic mass is 79.9. The summed E-state index contributed by atoms with van der Waals surface area (Å²) in [6.07, 6.45) is 0.106. The maximum absolute atomic E-state index is 13.4. The number of rotatable bonds is 5. The minimum absolute atomic E-state index is 0.0174. The van der Waals surface area contributed by atoms with Crippen molar-refractivity contribution in [2.24, 2.45) is 0 Å². The van der Waals surface area contributed by atoms with E-state index in [1.54, 1.807) is 19.1 Å². The fraction of sp³-hybridized carbons (Fsp3) is 0.348. The molecule has 1 aliphatic heterocycles. The van der Waals surface area contributed by atoms with Gasteiger partial charge < -0.3 is 10.0 Å². The van der Waals surface area contributed by atoms with Crippen molar-refractivity contribution in [3.8, 4) is 0 Å². The highest BCUT2D eigenvalue weighted by molar-refractivity contribution is 9.10. The first-order valence-electron chi connectivity index (χ1n) is 10.2. The van der Waals surface area contributed by atoms with Gasteiger partial charge in [-0.25, -0.2) is 4.98 Å². The van der Waals surface area contributed by atoms with Gasteiger partial charge in [-0.3, -0.25) is 14.2 Å². The third-order valence-corrected chi connectivity index (χ3v) is 6.97. The normalized spacial score (nSPS) is 17.6. The summed E-state index contributed by atoms with van der Waals surface area (Å²) in [5.74, 6) is -0.0174. The van der Waals surface area contributed by atoms with E-state index in [-0.39, 0.29) is 24.1 Å². The number of benzene rings is 2. The molecular formula is C23H24BrN3O3S. The number of nitrogens with zero attached hydrogens (tertiary/aromatic N) is 3. The second kappa shape index (κ2) is 8.76. The lowest BCUT2D eigenvalue weighted by Crippen LogP contribution is -2.40. The molecule has 0 saturated carbocycles. The van der Waals surface area contributed by atoms with E-state index in [0.717, 1.165) is 16.6 Å². The predicted molar refractivity (Wildman–Crippen MR) is 128 cm³/mol. The Kier molecular flexibility index (Phi) is 6.23. The SMILES string of the molecule is C[C@H](O)Cn1c(S[C@@H](C)C(=O)N2c3ccccc3C[C@H]2C)nc2ccc(Br)cc2c1=O. The molecule has 0 spiro atoms. The lowest BCUT2D eigenvalue weighted by Gasteiger charge is -2.26. The molecule has 1 aromatic heterocycles. The van der Waals surface area contributed by atoms with Crippen molar-refractivity contribution < 1.29 is 9.90 Å². The fourth-order valence-electron chi connectivity index (χ4n) is 3.99. The van der Waals surface area contributed by atoms with Crippen LogP contribution in [-0.2, 0) is 17.8 Å². The Balaban J connectivity index is 1.70. The van der Waals surface area contributed by atoms with Gasteiger partial charge in [0, 0.05) is 16.2 Å². The van der Waals surface area contributed by atoms with Gasteiger partial charge in [0.1, 0.15) is 0 Å². The number of aliphatic hydroxyl groups excluding tert-OH is 1. The third-order valence-electron chi connectivity index (χ3n) is 5.40. The van der Waals surface area contributed by atoms with Crippen LogP contribution in [0.5, 0.6) is 0 Å². The Morgan fingerprint density at radius 3 is 2.77 bits per heavy atom. The molecule has 1 amide bonds. The molecule has 8 heteroatoms. The molecule has 0 fully saturated rings. The molecule has 2 heterocycles.